The van der Waals surface area contributed by atoms with Crippen molar-refractivity contribution in [1.29, 1.82) is 0 Å². The highest BCUT2D eigenvalue weighted by atomic mass is 16.2. The molecule has 2 heterocycles. The van der Waals surface area contributed by atoms with Gasteiger partial charge in [0.2, 0.25) is 0 Å². The summed E-state index contributed by atoms with van der Waals surface area (Å²) in [5.41, 5.74) is 3.72. The van der Waals surface area contributed by atoms with Crippen LogP contribution in [-0.4, -0.2) is 10.5 Å². The zero-order chi connectivity index (χ0) is 15.1. The highest BCUT2D eigenvalue weighted by molar-refractivity contribution is 6.07. The Morgan fingerprint density at radius 1 is 1.09 bits per heavy atom. The number of rotatable bonds is 2. The van der Waals surface area contributed by atoms with Gasteiger partial charge in [0, 0.05) is 16.8 Å². The third-order valence-electron chi connectivity index (χ3n) is 4.36. The van der Waals surface area contributed by atoms with Gasteiger partial charge in [-0.05, 0) is 30.7 Å². The molecule has 0 spiro atoms. The fraction of sp³-hybridized carbons (Fsp3) is 0.211. The van der Waals surface area contributed by atoms with Gasteiger partial charge in [0.1, 0.15) is 0 Å². The first-order valence-corrected chi connectivity index (χ1v) is 7.80. The molecular formula is C19H18N2O. The van der Waals surface area contributed by atoms with Crippen molar-refractivity contribution in [2.24, 2.45) is 0 Å². The van der Waals surface area contributed by atoms with Crippen molar-refractivity contribution < 1.29 is 4.79 Å². The highest BCUT2D eigenvalue weighted by Crippen LogP contribution is 2.35. The number of carbonyl (C=O) groups is 1. The van der Waals surface area contributed by atoms with Crippen molar-refractivity contribution in [2.75, 3.05) is 5.32 Å². The molecule has 22 heavy (non-hydrogen) atoms. The summed E-state index contributed by atoms with van der Waals surface area (Å²) in [4.78, 5) is 13.1. The van der Waals surface area contributed by atoms with Crippen LogP contribution in [0.5, 0.6) is 0 Å². The number of anilines is 1. The second-order valence-corrected chi connectivity index (χ2v) is 5.80. The van der Waals surface area contributed by atoms with Gasteiger partial charge in [-0.1, -0.05) is 43.7 Å². The van der Waals surface area contributed by atoms with Crippen LogP contribution in [-0.2, 0) is 0 Å². The van der Waals surface area contributed by atoms with Crippen molar-refractivity contribution in [3.63, 3.8) is 0 Å². The van der Waals surface area contributed by atoms with Gasteiger partial charge in [-0.15, -0.1) is 0 Å². The van der Waals surface area contributed by atoms with Crippen molar-refractivity contribution in [1.82, 2.24) is 4.57 Å². The van der Waals surface area contributed by atoms with Crippen LogP contribution in [0.3, 0.4) is 0 Å². The van der Waals surface area contributed by atoms with Crippen LogP contribution in [0, 0.1) is 0 Å². The van der Waals surface area contributed by atoms with E-state index in [4.69, 9.17) is 0 Å². The van der Waals surface area contributed by atoms with Crippen LogP contribution >= 0.6 is 0 Å². The summed E-state index contributed by atoms with van der Waals surface area (Å²) >= 11 is 0. The van der Waals surface area contributed by atoms with E-state index in [1.54, 1.807) is 0 Å². The van der Waals surface area contributed by atoms with E-state index in [2.05, 4.69) is 24.4 Å². The topological polar surface area (TPSA) is 34.0 Å². The third kappa shape index (κ3) is 1.86. The smallest absolute Gasteiger partial charge is 0.264 e. The van der Waals surface area contributed by atoms with Crippen molar-refractivity contribution >= 4 is 22.5 Å². The molecule has 1 N–H and O–H groups in total. The molecule has 1 aromatic heterocycles. The quantitative estimate of drug-likeness (QED) is 0.748. The summed E-state index contributed by atoms with van der Waals surface area (Å²) in [6.45, 7) is 2.17. The van der Waals surface area contributed by atoms with E-state index in [0.717, 1.165) is 40.7 Å². The van der Waals surface area contributed by atoms with Crippen LogP contribution < -0.4 is 5.32 Å². The third-order valence-corrected chi connectivity index (χ3v) is 4.36. The molecule has 1 aliphatic rings. The fourth-order valence-corrected chi connectivity index (χ4v) is 3.35. The number of hydrogen-bond acceptors (Lipinski definition) is 2. The Morgan fingerprint density at radius 3 is 2.73 bits per heavy atom. The molecule has 4 rings (SSSR count). The van der Waals surface area contributed by atoms with Crippen molar-refractivity contribution in [3.05, 3.63) is 65.9 Å². The Morgan fingerprint density at radius 2 is 1.86 bits per heavy atom. The summed E-state index contributed by atoms with van der Waals surface area (Å²) in [7, 11) is 0. The van der Waals surface area contributed by atoms with Gasteiger partial charge >= 0.3 is 0 Å². The van der Waals surface area contributed by atoms with Crippen LogP contribution in [0.15, 0.2) is 54.6 Å². The van der Waals surface area contributed by atoms with E-state index in [1.807, 2.05) is 47.0 Å². The molecule has 0 amide bonds. The first-order chi connectivity index (χ1) is 10.8. The normalized spacial score (nSPS) is 16.8. The minimum Gasteiger partial charge on any atom is -0.376 e. The number of carbonyl (C=O) groups excluding carboxylic acids is 1. The molecule has 0 saturated carbocycles. The Bertz CT molecular complexity index is 863. The van der Waals surface area contributed by atoms with E-state index in [9.17, 15) is 4.79 Å². The maximum absolute atomic E-state index is 13.1. The zero-order valence-corrected chi connectivity index (χ0v) is 12.5. The number of nitrogens with zero attached hydrogens (tertiary/aromatic N) is 1. The second-order valence-electron chi connectivity index (χ2n) is 5.80. The number of hydrogen-bond donors (Lipinski definition) is 1. The number of fused-ring (bicyclic) bond motifs is 4. The predicted octanol–water partition coefficient (Wildman–Crippen LogP) is 4.60. The molecule has 1 atom stereocenters. The Hall–Kier alpha value is -2.55. The lowest BCUT2D eigenvalue weighted by Gasteiger charge is -2.17. The van der Waals surface area contributed by atoms with E-state index >= 15 is 0 Å². The molecule has 0 aliphatic carbocycles. The van der Waals surface area contributed by atoms with Crippen molar-refractivity contribution in [3.8, 4) is 0 Å². The minimum atomic E-state index is 0.0536. The standard InChI is InChI=1S/C19H18N2O/c1-2-7-16-18-12-13-8-3-6-11-17(13)21(18)19(22)14-9-4-5-10-15(14)20-16/h3-6,8-12,16,20H,2,7H2,1H3. The summed E-state index contributed by atoms with van der Waals surface area (Å²) < 4.78 is 1.88. The first kappa shape index (κ1) is 13.1. The minimum absolute atomic E-state index is 0.0536. The van der Waals surface area contributed by atoms with E-state index < -0.39 is 0 Å². The molecule has 1 unspecified atom stereocenters. The number of para-hydroxylation sites is 2. The largest absolute Gasteiger partial charge is 0.376 e. The number of benzene rings is 2. The summed E-state index contributed by atoms with van der Waals surface area (Å²) in [6, 6.07) is 18.2. The van der Waals surface area contributed by atoms with Crippen LogP contribution in [0.4, 0.5) is 5.69 Å². The van der Waals surface area contributed by atoms with Gasteiger partial charge < -0.3 is 5.32 Å². The lowest BCUT2D eigenvalue weighted by molar-refractivity contribution is 0.0963. The average molecular weight is 290 g/mol. The molecule has 3 nitrogen and oxygen atoms in total. The summed E-state index contributed by atoms with van der Waals surface area (Å²) in [5, 5.41) is 4.68. The lowest BCUT2D eigenvalue weighted by atomic mass is 10.1. The molecule has 0 bridgehead atoms. The van der Waals surface area contributed by atoms with Crippen LogP contribution in [0.2, 0.25) is 0 Å². The lowest BCUT2D eigenvalue weighted by Crippen LogP contribution is -2.15. The Labute approximate surface area is 129 Å². The molecule has 0 fully saturated rings. The van der Waals surface area contributed by atoms with Crippen molar-refractivity contribution in [2.45, 2.75) is 25.8 Å². The average Bonchev–Trinajstić information content (AvgIpc) is 2.89. The molecule has 0 saturated heterocycles. The van der Waals surface area contributed by atoms with E-state index in [1.165, 1.54) is 0 Å². The molecule has 0 radical (unpaired) electrons. The zero-order valence-electron chi connectivity index (χ0n) is 12.5. The van der Waals surface area contributed by atoms with Crippen LogP contribution in [0.25, 0.3) is 10.9 Å². The Balaban J connectivity index is 2.02. The molecule has 110 valence electrons. The van der Waals surface area contributed by atoms with Gasteiger partial charge in [-0.25, -0.2) is 0 Å². The second kappa shape index (κ2) is 5.02. The molecule has 3 heteroatoms. The van der Waals surface area contributed by atoms with E-state index in [0.29, 0.717) is 0 Å². The molecule has 1 aliphatic heterocycles. The first-order valence-electron chi connectivity index (χ1n) is 7.80. The summed E-state index contributed by atoms with van der Waals surface area (Å²) in [6.07, 6.45) is 2.06. The van der Waals surface area contributed by atoms with E-state index in [-0.39, 0.29) is 11.9 Å². The Kier molecular flexibility index (Phi) is 3.00. The van der Waals surface area contributed by atoms with Gasteiger partial charge in [-0.3, -0.25) is 9.36 Å². The summed E-state index contributed by atoms with van der Waals surface area (Å²) in [5.74, 6) is 0.0536. The van der Waals surface area contributed by atoms with Gasteiger partial charge in [0.15, 0.2) is 0 Å². The van der Waals surface area contributed by atoms with Gasteiger partial charge in [0.25, 0.3) is 5.91 Å². The van der Waals surface area contributed by atoms with Gasteiger partial charge in [0.05, 0.1) is 17.1 Å². The maximum Gasteiger partial charge on any atom is 0.264 e. The highest BCUT2D eigenvalue weighted by Gasteiger charge is 2.27. The molecular weight excluding hydrogens is 272 g/mol. The van der Waals surface area contributed by atoms with Crippen LogP contribution in [0.1, 0.15) is 41.9 Å². The number of nitrogens with one attached hydrogen (secondary N) is 1. The SMILES string of the molecule is CCCC1Nc2ccccc2C(=O)n2c1cc1ccccc12. The number of aromatic nitrogens is 1. The predicted molar refractivity (Wildman–Crippen MR) is 89.4 cm³/mol. The monoisotopic (exact) mass is 290 g/mol. The maximum atomic E-state index is 13.1. The molecule has 3 aromatic rings. The molecule has 2 aromatic carbocycles. The van der Waals surface area contributed by atoms with Gasteiger partial charge in [-0.2, -0.15) is 0 Å². The fourth-order valence-electron chi connectivity index (χ4n) is 3.35.